The van der Waals surface area contributed by atoms with E-state index in [1.165, 1.54) is 0 Å². The standard InChI is InChI=1S/H3N.H4O8P2/c;1-7-10(5,6)8-9(2,3)4/h1H3;1H,(H,5,6)(H2,2,3,4). The molecule has 0 heterocycles. The Labute approximate surface area is 60.9 Å². The van der Waals surface area contributed by atoms with E-state index >= 15 is 0 Å². The molecule has 0 bridgehead atoms. The second-order valence-electron chi connectivity index (χ2n) is 1.12. The summed E-state index contributed by atoms with van der Waals surface area (Å²) in [5.74, 6) is 0. The van der Waals surface area contributed by atoms with Crippen LogP contribution in [0, 0.1) is 0 Å². The van der Waals surface area contributed by atoms with Gasteiger partial charge in [0, 0.05) is 0 Å². The van der Waals surface area contributed by atoms with Crippen molar-refractivity contribution in [3.05, 3.63) is 0 Å². The number of hydrogen-bond donors (Lipinski definition) is 5. The van der Waals surface area contributed by atoms with Crippen molar-refractivity contribution in [2.45, 2.75) is 0 Å². The van der Waals surface area contributed by atoms with Gasteiger partial charge in [-0.2, -0.15) is 4.31 Å². The SMILES string of the molecule is N.O=P(O)(O)OP(=O)(O)OO. The maximum Gasteiger partial charge on any atom is 0.508 e. The molecule has 7 N–H and O–H groups in total. The highest BCUT2D eigenvalue weighted by Gasteiger charge is 2.32. The van der Waals surface area contributed by atoms with Crippen molar-refractivity contribution >= 4 is 15.6 Å². The van der Waals surface area contributed by atoms with Gasteiger partial charge in [0.25, 0.3) is 0 Å². The van der Waals surface area contributed by atoms with Crippen LogP contribution in [0.25, 0.3) is 0 Å². The predicted octanol–water partition coefficient (Wildman–Crippen LogP) is -0.152. The van der Waals surface area contributed by atoms with Gasteiger partial charge in [0.2, 0.25) is 0 Å². The van der Waals surface area contributed by atoms with Crippen molar-refractivity contribution in [3.8, 4) is 0 Å². The van der Waals surface area contributed by atoms with Crippen LogP contribution in [0.15, 0.2) is 0 Å². The molecule has 0 aliphatic heterocycles. The lowest BCUT2D eigenvalue weighted by molar-refractivity contribution is -0.157. The molecule has 0 aromatic carbocycles. The Kier molecular flexibility index (Phi) is 5.33. The van der Waals surface area contributed by atoms with Gasteiger partial charge in [-0.05, 0) is 0 Å². The zero-order chi connectivity index (χ0) is 8.41. The van der Waals surface area contributed by atoms with Crippen molar-refractivity contribution in [2.24, 2.45) is 0 Å². The Morgan fingerprint density at radius 2 is 1.45 bits per heavy atom. The van der Waals surface area contributed by atoms with Crippen LogP contribution in [0.3, 0.4) is 0 Å². The average Bonchev–Trinajstić information content (AvgIpc) is 1.60. The van der Waals surface area contributed by atoms with E-state index in [0.717, 1.165) is 0 Å². The van der Waals surface area contributed by atoms with Gasteiger partial charge in [-0.25, -0.2) is 14.4 Å². The minimum absolute atomic E-state index is 0. The van der Waals surface area contributed by atoms with E-state index in [4.69, 9.17) is 19.9 Å². The second-order valence-corrected chi connectivity index (χ2v) is 3.86. The Balaban J connectivity index is 0. The molecule has 11 heteroatoms. The molecule has 0 aromatic rings. The van der Waals surface area contributed by atoms with Gasteiger partial charge in [0.05, 0.1) is 0 Å². The highest BCUT2D eigenvalue weighted by molar-refractivity contribution is 7.60. The lowest BCUT2D eigenvalue weighted by atomic mass is 14.0. The minimum Gasteiger partial charge on any atom is -0.344 e. The number of hydrogen-bond acceptors (Lipinski definition) is 6. The van der Waals surface area contributed by atoms with Gasteiger partial charge in [0.1, 0.15) is 0 Å². The van der Waals surface area contributed by atoms with Crippen LogP contribution in [-0.2, 0) is 18.1 Å². The lowest BCUT2D eigenvalue weighted by Gasteiger charge is -2.06. The Morgan fingerprint density at radius 3 is 1.55 bits per heavy atom. The van der Waals surface area contributed by atoms with Gasteiger partial charge < -0.3 is 20.8 Å². The third-order valence-corrected chi connectivity index (χ3v) is 2.20. The molecule has 0 aromatic heterocycles. The van der Waals surface area contributed by atoms with E-state index in [-0.39, 0.29) is 6.15 Å². The second kappa shape index (κ2) is 4.27. The summed E-state index contributed by atoms with van der Waals surface area (Å²) >= 11 is 0. The molecule has 0 amide bonds. The van der Waals surface area contributed by atoms with E-state index in [0.29, 0.717) is 0 Å². The van der Waals surface area contributed by atoms with Crippen LogP contribution in [-0.4, -0.2) is 19.9 Å². The molecule has 0 rings (SSSR count). The summed E-state index contributed by atoms with van der Waals surface area (Å²) in [5, 5.41) is 7.48. The van der Waals surface area contributed by atoms with Crippen molar-refractivity contribution in [3.63, 3.8) is 0 Å². The van der Waals surface area contributed by atoms with E-state index in [2.05, 4.69) is 8.99 Å². The summed E-state index contributed by atoms with van der Waals surface area (Å²) in [6.07, 6.45) is 0. The minimum atomic E-state index is -5.10. The van der Waals surface area contributed by atoms with Crippen molar-refractivity contribution in [1.29, 1.82) is 0 Å². The zero-order valence-electron chi connectivity index (χ0n) is 5.02. The molecular weight excluding hydrogens is 204 g/mol. The fourth-order valence-corrected chi connectivity index (χ4v) is 1.34. The smallest absolute Gasteiger partial charge is 0.344 e. The van der Waals surface area contributed by atoms with E-state index in [1.54, 1.807) is 0 Å². The molecule has 0 spiro atoms. The summed E-state index contributed by atoms with van der Waals surface area (Å²) in [5.41, 5.74) is 0. The van der Waals surface area contributed by atoms with Gasteiger partial charge >= 0.3 is 15.6 Å². The summed E-state index contributed by atoms with van der Waals surface area (Å²) < 4.78 is 25.5. The maximum atomic E-state index is 9.97. The monoisotopic (exact) mass is 211 g/mol. The first-order valence-corrected chi connectivity index (χ1v) is 4.72. The van der Waals surface area contributed by atoms with Crippen molar-refractivity contribution in [2.75, 3.05) is 0 Å². The third kappa shape index (κ3) is 8.08. The number of rotatable bonds is 3. The van der Waals surface area contributed by atoms with Crippen LogP contribution >= 0.6 is 15.6 Å². The van der Waals surface area contributed by atoms with Crippen molar-refractivity contribution in [1.82, 2.24) is 6.15 Å². The molecule has 0 saturated carbocycles. The fourth-order valence-electron chi connectivity index (χ4n) is 0.149. The molecule has 0 saturated heterocycles. The zero-order valence-corrected chi connectivity index (χ0v) is 6.81. The molecule has 0 aliphatic carbocycles. The predicted molar refractivity (Wildman–Crippen MR) is 31.7 cm³/mol. The van der Waals surface area contributed by atoms with E-state index in [1.807, 2.05) is 0 Å². The summed E-state index contributed by atoms with van der Waals surface area (Å²) in [4.78, 5) is 23.7. The first-order chi connectivity index (χ1) is 4.27. The quantitative estimate of drug-likeness (QED) is 0.242. The topological polar surface area (TPSA) is 169 Å². The molecule has 70 valence electrons. The molecular formula is H7NO8P2. The number of phosphoric acid groups is 2. The van der Waals surface area contributed by atoms with Gasteiger partial charge in [-0.3, -0.25) is 0 Å². The fraction of sp³-hybridized carbons (Fsp3) is 0. The first kappa shape index (κ1) is 13.7. The van der Waals surface area contributed by atoms with Gasteiger partial charge in [-0.15, -0.1) is 4.67 Å². The van der Waals surface area contributed by atoms with Gasteiger partial charge in [0.15, 0.2) is 0 Å². The molecule has 1 atom stereocenters. The largest absolute Gasteiger partial charge is 0.508 e. The highest BCUT2D eigenvalue weighted by atomic mass is 31.3. The van der Waals surface area contributed by atoms with E-state index < -0.39 is 15.6 Å². The summed E-state index contributed by atoms with van der Waals surface area (Å²) in [6, 6.07) is 0. The van der Waals surface area contributed by atoms with Crippen LogP contribution < -0.4 is 6.15 Å². The molecule has 11 heavy (non-hydrogen) atoms. The van der Waals surface area contributed by atoms with Crippen LogP contribution in [0.2, 0.25) is 0 Å². The van der Waals surface area contributed by atoms with Crippen molar-refractivity contribution < 1.29 is 38.1 Å². The van der Waals surface area contributed by atoms with Crippen LogP contribution in [0.4, 0.5) is 0 Å². The van der Waals surface area contributed by atoms with Crippen LogP contribution in [0.5, 0.6) is 0 Å². The van der Waals surface area contributed by atoms with Gasteiger partial charge in [-0.1, -0.05) is 0 Å². The molecule has 0 fully saturated rings. The van der Waals surface area contributed by atoms with Crippen LogP contribution in [0.1, 0.15) is 0 Å². The molecule has 0 radical (unpaired) electrons. The Hall–Kier alpha value is 0.180. The highest BCUT2D eigenvalue weighted by Crippen LogP contribution is 2.56. The molecule has 1 unspecified atom stereocenters. The normalized spacial score (nSPS) is 16.7. The summed E-state index contributed by atoms with van der Waals surface area (Å²) in [7, 11) is -10.1. The third-order valence-electron chi connectivity index (χ3n) is 0.313. The molecule has 0 aliphatic rings. The van der Waals surface area contributed by atoms with E-state index in [9.17, 15) is 9.13 Å². The lowest BCUT2D eigenvalue weighted by Crippen LogP contribution is -1.89. The molecule has 9 nitrogen and oxygen atoms in total. The first-order valence-electron chi connectivity index (χ1n) is 1.70. The Bertz CT molecular complexity index is 190. The maximum absolute atomic E-state index is 9.97. The summed E-state index contributed by atoms with van der Waals surface area (Å²) in [6.45, 7) is 0. The Morgan fingerprint density at radius 1 is 1.09 bits per heavy atom. The average molecular weight is 211 g/mol.